The molecular weight excluding hydrogens is 404 g/mol. The van der Waals surface area contributed by atoms with Crippen LogP contribution in [0.25, 0.3) is 11.1 Å². The molecule has 1 fully saturated rings. The summed E-state index contributed by atoms with van der Waals surface area (Å²) in [7, 11) is 1.52. The molecule has 3 N–H and O–H groups in total. The van der Waals surface area contributed by atoms with Crippen LogP contribution in [0.3, 0.4) is 0 Å². The highest BCUT2D eigenvalue weighted by molar-refractivity contribution is 6.08. The van der Waals surface area contributed by atoms with E-state index in [2.05, 4.69) is 15.6 Å². The molecule has 2 aliphatic rings. The second-order valence-corrected chi connectivity index (χ2v) is 7.49. The molecule has 1 aromatic carbocycles. The number of aliphatic hydroxyl groups excluding tert-OH is 1. The van der Waals surface area contributed by atoms with Gasteiger partial charge in [0.2, 0.25) is 0 Å². The minimum atomic E-state index is -1.61. The highest BCUT2D eigenvalue weighted by Crippen LogP contribution is 2.34. The van der Waals surface area contributed by atoms with E-state index in [1.807, 2.05) is 0 Å². The number of methoxy groups -OCH3 is 1. The molecule has 0 spiro atoms. The largest absolute Gasteiger partial charge is 0.497 e. The molecule has 2 aromatic heterocycles. The van der Waals surface area contributed by atoms with E-state index in [-0.39, 0.29) is 31.4 Å². The number of hydrogen-bond donors (Lipinski definition) is 3. The number of hydrogen-bond acceptors (Lipinski definition) is 7. The molecule has 31 heavy (non-hydrogen) atoms. The van der Waals surface area contributed by atoms with Crippen molar-refractivity contribution >= 4 is 28.9 Å². The summed E-state index contributed by atoms with van der Waals surface area (Å²) in [6.07, 6.45) is 1.50. The van der Waals surface area contributed by atoms with Crippen LogP contribution in [0.1, 0.15) is 27.2 Å². The van der Waals surface area contributed by atoms with Crippen LogP contribution in [-0.2, 0) is 23.5 Å². The fourth-order valence-corrected chi connectivity index (χ4v) is 3.99. The van der Waals surface area contributed by atoms with Gasteiger partial charge in [0, 0.05) is 24.4 Å². The summed E-state index contributed by atoms with van der Waals surface area (Å²) in [5.41, 5.74) is 1.03. The Morgan fingerprint density at radius 2 is 2.10 bits per heavy atom. The molecule has 1 atom stereocenters. The summed E-state index contributed by atoms with van der Waals surface area (Å²) < 4.78 is 11.1. The van der Waals surface area contributed by atoms with Crippen LogP contribution in [0.2, 0.25) is 0 Å². The van der Waals surface area contributed by atoms with E-state index in [0.717, 1.165) is 5.56 Å². The van der Waals surface area contributed by atoms with Crippen molar-refractivity contribution < 1.29 is 28.6 Å². The molecule has 10 nitrogen and oxygen atoms in total. The highest BCUT2D eigenvalue weighted by atomic mass is 16.5. The number of imide groups is 1. The molecule has 5 rings (SSSR count). The van der Waals surface area contributed by atoms with Crippen LogP contribution in [0.15, 0.2) is 40.9 Å². The first-order valence-corrected chi connectivity index (χ1v) is 9.53. The van der Waals surface area contributed by atoms with Crippen LogP contribution in [-0.4, -0.2) is 46.5 Å². The van der Waals surface area contributed by atoms with Gasteiger partial charge in [-0.05, 0) is 29.3 Å². The maximum atomic E-state index is 13.0. The van der Waals surface area contributed by atoms with Gasteiger partial charge in [-0.15, -0.1) is 0 Å². The smallest absolute Gasteiger partial charge is 0.322 e. The molecule has 0 bridgehead atoms. The maximum absolute atomic E-state index is 13.0. The van der Waals surface area contributed by atoms with Crippen molar-refractivity contribution in [3.8, 4) is 5.75 Å². The van der Waals surface area contributed by atoms with Crippen molar-refractivity contribution in [2.24, 2.45) is 0 Å². The maximum Gasteiger partial charge on any atom is 0.322 e. The number of aromatic nitrogens is 1. The average molecular weight is 422 g/mol. The Bertz CT molecular complexity index is 1250. The fourth-order valence-electron chi connectivity index (χ4n) is 3.99. The first-order chi connectivity index (χ1) is 14.9. The van der Waals surface area contributed by atoms with E-state index in [9.17, 15) is 19.5 Å². The molecule has 1 saturated heterocycles. The van der Waals surface area contributed by atoms with Crippen LogP contribution < -0.4 is 15.4 Å². The number of urea groups is 1. The number of pyridine rings is 1. The lowest BCUT2D eigenvalue weighted by Crippen LogP contribution is -2.52. The Morgan fingerprint density at radius 1 is 1.26 bits per heavy atom. The van der Waals surface area contributed by atoms with Gasteiger partial charge in [-0.1, -0.05) is 6.07 Å². The SMILES string of the molecule is COc1ccc2c(c1)C(=O)N(C[C@@]1(c3cc4ncc(CO)cc4o3)NC(=O)NC1=O)C2. The second kappa shape index (κ2) is 6.81. The molecule has 0 saturated carbocycles. The number of aliphatic hydroxyl groups is 1. The zero-order valence-corrected chi connectivity index (χ0v) is 16.5. The number of nitrogens with one attached hydrogen (secondary N) is 2. The lowest BCUT2D eigenvalue weighted by atomic mass is 9.95. The van der Waals surface area contributed by atoms with Gasteiger partial charge in [0.1, 0.15) is 17.0 Å². The zero-order chi connectivity index (χ0) is 21.8. The summed E-state index contributed by atoms with van der Waals surface area (Å²) in [6.45, 7) is -0.0748. The zero-order valence-electron chi connectivity index (χ0n) is 16.5. The summed E-state index contributed by atoms with van der Waals surface area (Å²) in [5, 5.41) is 14.2. The van der Waals surface area contributed by atoms with E-state index in [1.165, 1.54) is 18.2 Å². The first kappa shape index (κ1) is 19.1. The molecule has 0 aliphatic carbocycles. The predicted octanol–water partition coefficient (Wildman–Crippen LogP) is 1.02. The van der Waals surface area contributed by atoms with Crippen molar-refractivity contribution in [2.45, 2.75) is 18.7 Å². The van der Waals surface area contributed by atoms with Crippen molar-refractivity contribution in [2.75, 3.05) is 13.7 Å². The van der Waals surface area contributed by atoms with Crippen molar-refractivity contribution in [3.05, 3.63) is 59.0 Å². The molecule has 4 heterocycles. The lowest BCUT2D eigenvalue weighted by molar-refractivity contribution is -0.125. The van der Waals surface area contributed by atoms with Gasteiger partial charge in [-0.3, -0.25) is 19.9 Å². The monoisotopic (exact) mass is 422 g/mol. The normalized spacial score (nSPS) is 20.2. The Kier molecular flexibility index (Phi) is 4.19. The van der Waals surface area contributed by atoms with E-state index in [1.54, 1.807) is 30.3 Å². The van der Waals surface area contributed by atoms with Gasteiger partial charge >= 0.3 is 6.03 Å². The topological polar surface area (TPSA) is 134 Å². The summed E-state index contributed by atoms with van der Waals surface area (Å²) >= 11 is 0. The van der Waals surface area contributed by atoms with Crippen LogP contribution in [0, 0.1) is 0 Å². The molecule has 3 aromatic rings. The first-order valence-electron chi connectivity index (χ1n) is 9.53. The number of fused-ring (bicyclic) bond motifs is 2. The van der Waals surface area contributed by atoms with Crippen LogP contribution in [0.4, 0.5) is 4.79 Å². The van der Waals surface area contributed by atoms with E-state index in [0.29, 0.717) is 28.0 Å². The van der Waals surface area contributed by atoms with E-state index in [4.69, 9.17) is 9.15 Å². The number of furan rings is 1. The Hall–Kier alpha value is -3.92. The summed E-state index contributed by atoms with van der Waals surface area (Å²) in [6, 6.07) is 7.70. The van der Waals surface area contributed by atoms with Gasteiger partial charge < -0.3 is 24.5 Å². The van der Waals surface area contributed by atoms with E-state index >= 15 is 0 Å². The predicted molar refractivity (Wildman–Crippen MR) is 106 cm³/mol. The molecule has 4 amide bonds. The second-order valence-electron chi connectivity index (χ2n) is 7.49. The average Bonchev–Trinajstić information content (AvgIpc) is 3.41. The number of amides is 4. The molecule has 10 heteroatoms. The van der Waals surface area contributed by atoms with Crippen molar-refractivity contribution in [1.82, 2.24) is 20.5 Å². The molecule has 158 valence electrons. The molecule has 0 unspecified atom stereocenters. The Balaban J connectivity index is 1.54. The van der Waals surface area contributed by atoms with Crippen molar-refractivity contribution in [3.63, 3.8) is 0 Å². The third-order valence-electron chi connectivity index (χ3n) is 5.59. The van der Waals surface area contributed by atoms with Gasteiger partial charge in [-0.2, -0.15) is 0 Å². The highest BCUT2D eigenvalue weighted by Gasteiger charge is 2.53. The number of ether oxygens (including phenoxy) is 1. The minimum absolute atomic E-state index is 0.132. The van der Waals surface area contributed by atoms with E-state index < -0.39 is 17.5 Å². The lowest BCUT2D eigenvalue weighted by Gasteiger charge is -2.28. The quantitative estimate of drug-likeness (QED) is 0.523. The third-order valence-corrected chi connectivity index (χ3v) is 5.59. The Morgan fingerprint density at radius 3 is 2.81 bits per heavy atom. The number of benzene rings is 1. The Labute approximate surface area is 175 Å². The summed E-state index contributed by atoms with van der Waals surface area (Å²) in [4.78, 5) is 43.7. The fraction of sp³-hybridized carbons (Fsp3) is 0.238. The minimum Gasteiger partial charge on any atom is -0.497 e. The molecule has 2 aliphatic heterocycles. The van der Waals surface area contributed by atoms with Crippen LogP contribution >= 0.6 is 0 Å². The van der Waals surface area contributed by atoms with Gasteiger partial charge in [0.25, 0.3) is 11.8 Å². The van der Waals surface area contributed by atoms with Gasteiger partial charge in [-0.25, -0.2) is 4.79 Å². The number of rotatable bonds is 5. The van der Waals surface area contributed by atoms with Crippen molar-refractivity contribution in [1.29, 1.82) is 0 Å². The van der Waals surface area contributed by atoms with Crippen LogP contribution in [0.5, 0.6) is 5.75 Å². The number of carbonyl (C=O) groups is 3. The third kappa shape index (κ3) is 2.91. The number of nitrogens with zero attached hydrogens (tertiary/aromatic N) is 2. The van der Waals surface area contributed by atoms with Gasteiger partial charge in [0.15, 0.2) is 11.1 Å². The summed E-state index contributed by atoms with van der Waals surface area (Å²) in [5.74, 6) is -0.201. The molecular formula is C21H18N4O6. The standard InChI is InChI=1S/C21H18N4O6/c1-30-13-3-2-12-8-25(18(27)14(12)5-13)10-21(19(28)23-20(29)24-21)17-6-15-16(31-17)4-11(9-26)7-22-15/h2-7,26H,8-10H2,1H3,(H2,23,24,28,29)/t21-/m0/s1. The molecule has 0 radical (unpaired) electrons. The van der Waals surface area contributed by atoms with Gasteiger partial charge in [0.05, 0.1) is 20.3 Å². The number of carbonyl (C=O) groups excluding carboxylic acids is 3.